The van der Waals surface area contributed by atoms with E-state index in [1.165, 1.54) is 0 Å². The summed E-state index contributed by atoms with van der Waals surface area (Å²) >= 11 is 7.85. The number of rotatable bonds is 2. The van der Waals surface area contributed by atoms with Crippen molar-refractivity contribution in [1.29, 1.82) is 0 Å². The molecule has 2 fully saturated rings. The van der Waals surface area contributed by atoms with Crippen LogP contribution < -0.4 is 4.90 Å². The van der Waals surface area contributed by atoms with E-state index in [-0.39, 0.29) is 16.7 Å². The second kappa shape index (κ2) is 7.00. The topological polar surface area (TPSA) is 36.4 Å². The van der Waals surface area contributed by atoms with Gasteiger partial charge >= 0.3 is 6.18 Å². The Labute approximate surface area is 147 Å². The third-order valence-corrected chi connectivity index (χ3v) is 5.50. The van der Waals surface area contributed by atoms with E-state index >= 15 is 0 Å². The number of halogens is 4. The van der Waals surface area contributed by atoms with Crippen LogP contribution in [0.15, 0.2) is 12.3 Å². The summed E-state index contributed by atoms with van der Waals surface area (Å²) < 4.78 is 38.2. The molecule has 4 nitrogen and oxygen atoms in total. The quantitative estimate of drug-likeness (QED) is 0.790. The molecule has 0 aliphatic carbocycles. The lowest BCUT2D eigenvalue weighted by atomic mass is 10.2. The van der Waals surface area contributed by atoms with Gasteiger partial charge in [-0.25, -0.2) is 4.98 Å². The van der Waals surface area contributed by atoms with Crippen LogP contribution in [0.5, 0.6) is 0 Å². The molecule has 24 heavy (non-hydrogen) atoms. The number of nitrogens with zero attached hydrogens (tertiary/aromatic N) is 3. The summed E-state index contributed by atoms with van der Waals surface area (Å²) in [7, 11) is 0. The number of amides is 1. The van der Waals surface area contributed by atoms with Gasteiger partial charge in [0.1, 0.15) is 11.9 Å². The molecule has 3 heterocycles. The molecule has 0 bridgehead atoms. The first-order valence-corrected chi connectivity index (χ1v) is 9.27. The molecule has 0 saturated carbocycles. The number of carbonyl (C=O) groups is 1. The molecule has 1 atom stereocenters. The molecule has 0 N–H and O–H groups in total. The van der Waals surface area contributed by atoms with E-state index in [1.807, 2.05) is 16.7 Å². The molecule has 0 aromatic carbocycles. The van der Waals surface area contributed by atoms with Crippen molar-refractivity contribution in [3.63, 3.8) is 0 Å². The fourth-order valence-electron chi connectivity index (χ4n) is 3.07. The van der Waals surface area contributed by atoms with Crippen molar-refractivity contribution in [2.75, 3.05) is 36.0 Å². The summed E-state index contributed by atoms with van der Waals surface area (Å²) in [5, 5.41) is -0.0706. The van der Waals surface area contributed by atoms with Crippen molar-refractivity contribution in [2.24, 2.45) is 0 Å². The molecule has 1 amide bonds. The first-order valence-electron chi connectivity index (χ1n) is 7.74. The molecule has 0 radical (unpaired) electrons. The second-order valence-electron chi connectivity index (χ2n) is 5.82. The van der Waals surface area contributed by atoms with Gasteiger partial charge in [-0.15, -0.1) is 0 Å². The molecule has 1 unspecified atom stereocenters. The first kappa shape index (κ1) is 17.7. The molecule has 1 aromatic heterocycles. The molecule has 132 valence electrons. The number of hydrogen-bond acceptors (Lipinski definition) is 4. The van der Waals surface area contributed by atoms with Crippen molar-refractivity contribution in [1.82, 2.24) is 9.88 Å². The van der Waals surface area contributed by atoms with Crippen molar-refractivity contribution >= 4 is 35.1 Å². The van der Waals surface area contributed by atoms with E-state index in [1.54, 1.807) is 4.90 Å². The number of hydrogen-bond donors (Lipinski definition) is 0. The Balaban J connectivity index is 1.81. The van der Waals surface area contributed by atoms with Gasteiger partial charge in [0, 0.05) is 37.3 Å². The van der Waals surface area contributed by atoms with Crippen molar-refractivity contribution in [3.05, 3.63) is 22.8 Å². The standard InChI is InChI=1S/C15H17ClF3N3OS/c16-11-8-10(15(17,18)19)9-20-13(11)22-3-1-2-12(22)14(23)21-4-6-24-7-5-21/h8-9,12H,1-7H2. The summed E-state index contributed by atoms with van der Waals surface area (Å²) in [6.45, 7) is 1.99. The summed E-state index contributed by atoms with van der Waals surface area (Å²) in [5.74, 6) is 2.10. The lowest BCUT2D eigenvalue weighted by Gasteiger charge is -2.33. The number of anilines is 1. The molecule has 2 saturated heterocycles. The normalized spacial score (nSPS) is 22.1. The van der Waals surface area contributed by atoms with Gasteiger partial charge in [-0.1, -0.05) is 11.6 Å². The lowest BCUT2D eigenvalue weighted by molar-refractivity contribution is -0.138. The van der Waals surface area contributed by atoms with Gasteiger partial charge in [0.2, 0.25) is 5.91 Å². The minimum Gasteiger partial charge on any atom is -0.343 e. The monoisotopic (exact) mass is 379 g/mol. The highest BCUT2D eigenvalue weighted by Gasteiger charge is 2.37. The average Bonchev–Trinajstić information content (AvgIpc) is 3.03. The average molecular weight is 380 g/mol. The smallest absolute Gasteiger partial charge is 0.343 e. The Kier molecular flexibility index (Phi) is 5.15. The van der Waals surface area contributed by atoms with Gasteiger partial charge in [0.05, 0.1) is 10.6 Å². The van der Waals surface area contributed by atoms with E-state index in [2.05, 4.69) is 4.98 Å². The Hall–Kier alpha value is -1.15. The third kappa shape index (κ3) is 3.59. The van der Waals surface area contributed by atoms with Gasteiger partial charge in [0.25, 0.3) is 0 Å². The van der Waals surface area contributed by atoms with Crippen molar-refractivity contribution < 1.29 is 18.0 Å². The van der Waals surface area contributed by atoms with Crippen molar-refractivity contribution in [3.8, 4) is 0 Å². The molecular weight excluding hydrogens is 363 g/mol. The second-order valence-corrected chi connectivity index (χ2v) is 7.45. The van der Waals surface area contributed by atoms with Gasteiger partial charge < -0.3 is 9.80 Å². The predicted octanol–water partition coefficient (Wildman–Crippen LogP) is 3.30. The Morgan fingerprint density at radius 1 is 1.29 bits per heavy atom. The zero-order chi connectivity index (χ0) is 17.3. The molecule has 2 aliphatic heterocycles. The van der Waals surface area contributed by atoms with Crippen LogP contribution in [0.3, 0.4) is 0 Å². The molecule has 0 spiro atoms. The molecule has 2 aliphatic rings. The van der Waals surface area contributed by atoms with Crippen LogP contribution in [-0.4, -0.2) is 53.0 Å². The van der Waals surface area contributed by atoms with E-state index in [0.29, 0.717) is 26.1 Å². The van der Waals surface area contributed by atoms with Crippen molar-refractivity contribution in [2.45, 2.75) is 25.1 Å². The highest BCUT2D eigenvalue weighted by molar-refractivity contribution is 7.99. The van der Waals surface area contributed by atoms with Crippen LogP contribution in [0, 0.1) is 0 Å². The number of aromatic nitrogens is 1. The van der Waals surface area contributed by atoms with E-state index in [4.69, 9.17) is 11.6 Å². The fraction of sp³-hybridized carbons (Fsp3) is 0.600. The SMILES string of the molecule is O=C(C1CCCN1c1ncc(C(F)(F)F)cc1Cl)N1CCSCC1. The Bertz CT molecular complexity index is 622. The Morgan fingerprint density at radius 3 is 2.62 bits per heavy atom. The van der Waals surface area contributed by atoms with E-state index in [9.17, 15) is 18.0 Å². The lowest BCUT2D eigenvalue weighted by Crippen LogP contribution is -2.48. The van der Waals surface area contributed by atoms with Gasteiger partial charge in [-0.3, -0.25) is 4.79 Å². The van der Waals surface area contributed by atoms with E-state index in [0.717, 1.165) is 30.2 Å². The highest BCUT2D eigenvalue weighted by Crippen LogP contribution is 2.36. The molecule has 9 heteroatoms. The fourth-order valence-corrected chi connectivity index (χ4v) is 4.25. The zero-order valence-electron chi connectivity index (χ0n) is 12.9. The molecular formula is C15H17ClF3N3OS. The van der Waals surface area contributed by atoms with E-state index < -0.39 is 17.8 Å². The minimum atomic E-state index is -4.49. The number of carbonyl (C=O) groups excluding carboxylic acids is 1. The van der Waals surface area contributed by atoms with Crippen LogP contribution in [0.4, 0.5) is 19.0 Å². The number of thioether (sulfide) groups is 1. The van der Waals surface area contributed by atoms with Crippen LogP contribution >= 0.6 is 23.4 Å². The maximum Gasteiger partial charge on any atom is 0.417 e. The van der Waals surface area contributed by atoms with Crippen LogP contribution in [0.2, 0.25) is 5.02 Å². The largest absolute Gasteiger partial charge is 0.417 e. The van der Waals surface area contributed by atoms with Gasteiger partial charge in [-0.05, 0) is 18.9 Å². The minimum absolute atomic E-state index is 0.0190. The molecule has 1 aromatic rings. The van der Waals surface area contributed by atoms with Gasteiger partial charge in [-0.2, -0.15) is 24.9 Å². The summed E-state index contributed by atoms with van der Waals surface area (Å²) in [6, 6.07) is 0.483. The number of pyridine rings is 1. The Morgan fingerprint density at radius 2 is 2.00 bits per heavy atom. The summed E-state index contributed by atoms with van der Waals surface area (Å²) in [4.78, 5) is 20.2. The maximum absolute atomic E-state index is 12.7. The maximum atomic E-state index is 12.7. The van der Waals surface area contributed by atoms with Crippen LogP contribution in [-0.2, 0) is 11.0 Å². The molecule has 3 rings (SSSR count). The summed E-state index contributed by atoms with van der Waals surface area (Å²) in [5.41, 5.74) is -0.883. The highest BCUT2D eigenvalue weighted by atomic mass is 35.5. The first-order chi connectivity index (χ1) is 11.4. The zero-order valence-corrected chi connectivity index (χ0v) is 14.4. The number of alkyl halides is 3. The predicted molar refractivity (Wildman–Crippen MR) is 88.5 cm³/mol. The third-order valence-electron chi connectivity index (χ3n) is 4.28. The van der Waals surface area contributed by atoms with Crippen LogP contribution in [0.1, 0.15) is 18.4 Å². The van der Waals surface area contributed by atoms with Gasteiger partial charge in [0.15, 0.2) is 0 Å². The van der Waals surface area contributed by atoms with Crippen LogP contribution in [0.25, 0.3) is 0 Å². The summed E-state index contributed by atoms with van der Waals surface area (Å²) in [6.07, 6.45) is -2.25.